The number of hydrogen-bond acceptors (Lipinski definition) is 2. The summed E-state index contributed by atoms with van der Waals surface area (Å²) in [4.78, 5) is 17.6. The molecule has 0 amide bonds. The number of phosphoric acid groups is 1. The quantitative estimate of drug-likeness (QED) is 0.711. The van der Waals surface area contributed by atoms with Crippen molar-refractivity contribution in [3.63, 3.8) is 0 Å². The largest absolute Gasteiger partial charge is 0.470 e. The highest BCUT2D eigenvalue weighted by Gasteiger charge is 2.38. The Hall–Kier alpha value is -0.410. The highest BCUT2D eigenvalue weighted by atomic mass is 31.2. The zero-order valence-corrected chi connectivity index (χ0v) is 9.15. The molecule has 0 saturated carbocycles. The second-order valence-electron chi connectivity index (χ2n) is 3.68. The van der Waals surface area contributed by atoms with Gasteiger partial charge >= 0.3 is 7.82 Å². The van der Waals surface area contributed by atoms with Crippen molar-refractivity contribution in [2.75, 3.05) is 0 Å². The third kappa shape index (κ3) is 2.79. The fourth-order valence-electron chi connectivity index (χ4n) is 1.44. The number of allylic oxidation sites excluding steroid dienone is 2. The molecule has 1 aliphatic carbocycles. The van der Waals surface area contributed by atoms with Crippen LogP contribution in [0.1, 0.15) is 20.3 Å². The van der Waals surface area contributed by atoms with Crippen LogP contribution < -0.4 is 0 Å². The van der Waals surface area contributed by atoms with Gasteiger partial charge in [-0.2, -0.15) is 0 Å². The fourth-order valence-corrected chi connectivity index (χ4v) is 2.23. The molecule has 0 aromatic heterocycles. The van der Waals surface area contributed by atoms with E-state index in [0.717, 1.165) is 0 Å². The van der Waals surface area contributed by atoms with Crippen molar-refractivity contribution in [1.82, 2.24) is 0 Å². The zero-order valence-electron chi connectivity index (χ0n) is 8.25. The number of hydrogen-bond donors (Lipinski definition) is 2. The van der Waals surface area contributed by atoms with E-state index in [1.807, 2.05) is 26.0 Å². The minimum Gasteiger partial charge on any atom is -0.303 e. The summed E-state index contributed by atoms with van der Waals surface area (Å²) in [5, 5.41) is 0. The van der Waals surface area contributed by atoms with Crippen LogP contribution in [0.3, 0.4) is 0 Å². The molecule has 1 atom stereocenters. The first-order valence-electron chi connectivity index (χ1n) is 4.46. The Morgan fingerprint density at radius 3 is 2.43 bits per heavy atom. The van der Waals surface area contributed by atoms with Gasteiger partial charge in [0.05, 0.1) is 0 Å². The Morgan fingerprint density at radius 1 is 1.43 bits per heavy atom. The van der Waals surface area contributed by atoms with Gasteiger partial charge in [-0.3, -0.25) is 4.52 Å². The maximum atomic E-state index is 10.8. The summed E-state index contributed by atoms with van der Waals surface area (Å²) in [7, 11) is -4.44. The molecule has 0 fully saturated rings. The van der Waals surface area contributed by atoms with E-state index in [1.165, 1.54) is 0 Å². The standard InChI is InChI=1S/C9H15O4P/c1-8(2)9(13-14(10,11)12)6-4-3-5-7-9/h3-6,8H,7H2,1-2H3,(H2,10,11,12). The van der Waals surface area contributed by atoms with Crippen LogP contribution in [0.25, 0.3) is 0 Å². The average molecular weight is 218 g/mol. The first kappa shape index (κ1) is 11.7. The van der Waals surface area contributed by atoms with E-state index in [1.54, 1.807) is 12.2 Å². The molecule has 5 heteroatoms. The van der Waals surface area contributed by atoms with Crippen LogP contribution in [0.2, 0.25) is 0 Å². The van der Waals surface area contributed by atoms with Gasteiger partial charge in [-0.1, -0.05) is 38.2 Å². The predicted octanol–water partition coefficient (Wildman–Crippen LogP) is 2.01. The smallest absolute Gasteiger partial charge is 0.303 e. The van der Waals surface area contributed by atoms with Crippen LogP contribution in [0.4, 0.5) is 0 Å². The van der Waals surface area contributed by atoms with E-state index < -0.39 is 13.4 Å². The predicted molar refractivity (Wildman–Crippen MR) is 53.6 cm³/mol. The minimum atomic E-state index is -4.44. The SMILES string of the molecule is CC(C)C1(OP(=O)(O)O)C=CC=CC1. The van der Waals surface area contributed by atoms with E-state index >= 15 is 0 Å². The minimum absolute atomic E-state index is 0.0105. The molecular formula is C9H15O4P. The van der Waals surface area contributed by atoms with E-state index in [4.69, 9.17) is 14.3 Å². The average Bonchev–Trinajstić information content (AvgIpc) is 2.02. The summed E-state index contributed by atoms with van der Waals surface area (Å²) in [6, 6.07) is 0. The lowest BCUT2D eigenvalue weighted by Gasteiger charge is -2.34. The molecule has 0 aromatic rings. The van der Waals surface area contributed by atoms with E-state index in [2.05, 4.69) is 0 Å². The topological polar surface area (TPSA) is 66.8 Å². The molecule has 1 unspecified atom stereocenters. The maximum Gasteiger partial charge on any atom is 0.470 e. The van der Waals surface area contributed by atoms with E-state index in [0.29, 0.717) is 6.42 Å². The first-order chi connectivity index (χ1) is 6.36. The van der Waals surface area contributed by atoms with Gasteiger partial charge in [0.2, 0.25) is 0 Å². The van der Waals surface area contributed by atoms with Gasteiger partial charge in [0.25, 0.3) is 0 Å². The van der Waals surface area contributed by atoms with Crippen molar-refractivity contribution in [2.45, 2.75) is 25.9 Å². The molecule has 4 nitrogen and oxygen atoms in total. The first-order valence-corrected chi connectivity index (χ1v) is 5.99. The highest BCUT2D eigenvalue weighted by Crippen LogP contribution is 2.46. The van der Waals surface area contributed by atoms with Crippen LogP contribution in [-0.2, 0) is 9.09 Å². The Morgan fingerprint density at radius 2 is 2.07 bits per heavy atom. The normalized spacial score (nSPS) is 27.2. The third-order valence-corrected chi connectivity index (χ3v) is 2.91. The van der Waals surface area contributed by atoms with Crippen LogP contribution in [0.5, 0.6) is 0 Å². The summed E-state index contributed by atoms with van der Waals surface area (Å²) in [6.07, 6.45) is 7.63. The van der Waals surface area contributed by atoms with Gasteiger partial charge in [-0.25, -0.2) is 4.57 Å². The lowest BCUT2D eigenvalue weighted by molar-refractivity contribution is 0.0374. The van der Waals surface area contributed by atoms with E-state index in [-0.39, 0.29) is 5.92 Å². The Bertz CT molecular complexity index is 302. The van der Waals surface area contributed by atoms with Gasteiger partial charge < -0.3 is 9.79 Å². The monoisotopic (exact) mass is 218 g/mol. The van der Waals surface area contributed by atoms with Crippen LogP contribution in [0, 0.1) is 5.92 Å². The molecule has 14 heavy (non-hydrogen) atoms. The summed E-state index contributed by atoms with van der Waals surface area (Å²) in [6.45, 7) is 3.75. The lowest BCUT2D eigenvalue weighted by atomic mass is 9.85. The third-order valence-electron chi connectivity index (χ3n) is 2.33. The molecule has 0 saturated heterocycles. The Kier molecular flexibility index (Phi) is 3.32. The Balaban J connectivity index is 2.89. The van der Waals surface area contributed by atoms with Gasteiger partial charge in [-0.05, 0) is 12.3 Å². The number of phosphoric ester groups is 1. The van der Waals surface area contributed by atoms with Crippen LogP contribution in [-0.4, -0.2) is 15.4 Å². The van der Waals surface area contributed by atoms with Crippen LogP contribution >= 0.6 is 7.82 Å². The molecule has 1 rings (SSSR count). The Labute approximate surface area is 83.5 Å². The molecule has 0 spiro atoms. The summed E-state index contributed by atoms with van der Waals surface area (Å²) in [5.74, 6) is 0.0105. The lowest BCUT2D eigenvalue weighted by Crippen LogP contribution is -2.35. The fraction of sp³-hybridized carbons (Fsp3) is 0.556. The molecule has 0 aromatic carbocycles. The molecule has 2 N–H and O–H groups in total. The molecular weight excluding hydrogens is 203 g/mol. The van der Waals surface area contributed by atoms with Gasteiger partial charge in [0.1, 0.15) is 5.60 Å². The molecule has 0 bridgehead atoms. The van der Waals surface area contributed by atoms with Crippen LogP contribution in [0.15, 0.2) is 24.3 Å². The van der Waals surface area contributed by atoms with Crippen molar-refractivity contribution >= 4 is 7.82 Å². The van der Waals surface area contributed by atoms with Gasteiger partial charge in [0, 0.05) is 0 Å². The molecule has 0 heterocycles. The van der Waals surface area contributed by atoms with Crippen molar-refractivity contribution in [3.05, 3.63) is 24.3 Å². The van der Waals surface area contributed by atoms with Gasteiger partial charge in [-0.15, -0.1) is 0 Å². The van der Waals surface area contributed by atoms with Gasteiger partial charge in [0.15, 0.2) is 0 Å². The summed E-state index contributed by atoms with van der Waals surface area (Å²) in [5.41, 5.74) is -0.867. The van der Waals surface area contributed by atoms with E-state index in [9.17, 15) is 4.57 Å². The molecule has 1 aliphatic rings. The molecule has 0 aliphatic heterocycles. The number of rotatable bonds is 3. The second kappa shape index (κ2) is 3.99. The molecule has 80 valence electrons. The molecule has 0 radical (unpaired) electrons. The van der Waals surface area contributed by atoms with Crippen molar-refractivity contribution in [2.24, 2.45) is 5.92 Å². The van der Waals surface area contributed by atoms with Crippen molar-refractivity contribution in [3.8, 4) is 0 Å². The second-order valence-corrected chi connectivity index (χ2v) is 4.85. The highest BCUT2D eigenvalue weighted by molar-refractivity contribution is 7.46. The summed E-state index contributed by atoms with van der Waals surface area (Å²) >= 11 is 0. The maximum absolute atomic E-state index is 10.8. The van der Waals surface area contributed by atoms with Crippen molar-refractivity contribution in [1.29, 1.82) is 0 Å². The zero-order chi connectivity index (χ0) is 10.8. The van der Waals surface area contributed by atoms with Crippen molar-refractivity contribution < 1.29 is 18.9 Å². The summed E-state index contributed by atoms with van der Waals surface area (Å²) < 4.78 is 15.7.